The molecule has 1 unspecified atom stereocenters. The van der Waals surface area contributed by atoms with Gasteiger partial charge in [-0.05, 0) is 18.8 Å². The lowest BCUT2D eigenvalue weighted by molar-refractivity contribution is 0.419. The molecule has 0 saturated heterocycles. The Hall–Kier alpha value is -0.0800. The van der Waals surface area contributed by atoms with Crippen LogP contribution in [0.4, 0.5) is 0 Å². The molecule has 10 heavy (non-hydrogen) atoms. The predicted molar refractivity (Wildman–Crippen MR) is 45.7 cm³/mol. The molecule has 2 atom stereocenters. The largest absolute Gasteiger partial charge is 0.328 e. The highest BCUT2D eigenvalue weighted by Gasteiger charge is 2.10. The summed E-state index contributed by atoms with van der Waals surface area (Å²) in [6.07, 6.45) is 1.98. The van der Waals surface area contributed by atoms with E-state index in [2.05, 4.69) is 20.8 Å². The average molecular weight is 144 g/mol. The molecule has 0 spiro atoms. The third kappa shape index (κ3) is 3.85. The van der Waals surface area contributed by atoms with Gasteiger partial charge in [-0.2, -0.15) is 0 Å². The highest BCUT2D eigenvalue weighted by molar-refractivity contribution is 4.71. The molecule has 0 fully saturated rings. The van der Waals surface area contributed by atoms with Gasteiger partial charge >= 0.3 is 0 Å². The normalized spacial score (nSPS) is 17.4. The molecule has 0 aliphatic heterocycles. The maximum atomic E-state index is 5.81. The summed E-state index contributed by atoms with van der Waals surface area (Å²) in [5.41, 5.74) is 11.5. The lowest BCUT2D eigenvalue weighted by Gasteiger charge is -2.18. The van der Waals surface area contributed by atoms with Crippen LogP contribution >= 0.6 is 0 Å². The fourth-order valence-electron chi connectivity index (χ4n) is 0.788. The van der Waals surface area contributed by atoms with Gasteiger partial charge in [-0.1, -0.05) is 20.8 Å². The summed E-state index contributed by atoms with van der Waals surface area (Å²) < 4.78 is 0. The summed E-state index contributed by atoms with van der Waals surface area (Å²) >= 11 is 0. The van der Waals surface area contributed by atoms with Gasteiger partial charge in [-0.25, -0.2) is 0 Å². The molecule has 0 aliphatic rings. The molecule has 0 bridgehead atoms. The fourth-order valence-corrected chi connectivity index (χ4v) is 0.788. The van der Waals surface area contributed by atoms with E-state index in [1.54, 1.807) is 0 Å². The zero-order valence-electron chi connectivity index (χ0n) is 7.30. The van der Waals surface area contributed by atoms with Gasteiger partial charge < -0.3 is 11.5 Å². The first-order valence-corrected chi connectivity index (χ1v) is 4.09. The first-order valence-electron chi connectivity index (χ1n) is 4.09. The molecule has 0 aromatic carbocycles. The van der Waals surface area contributed by atoms with E-state index in [9.17, 15) is 0 Å². The Labute approximate surface area is 64.0 Å². The summed E-state index contributed by atoms with van der Waals surface area (Å²) in [6, 6.07) is 0.562. The summed E-state index contributed by atoms with van der Waals surface area (Å²) in [7, 11) is 0. The Kier molecular flexibility index (Phi) is 4.65. The van der Waals surface area contributed by atoms with Crippen LogP contribution < -0.4 is 11.5 Å². The van der Waals surface area contributed by atoms with Gasteiger partial charge in [0.05, 0.1) is 0 Å². The maximum absolute atomic E-state index is 5.81. The van der Waals surface area contributed by atoms with Crippen LogP contribution in [0, 0.1) is 5.92 Å². The van der Waals surface area contributed by atoms with Crippen LogP contribution in [0.3, 0.4) is 0 Å². The molecular weight excluding hydrogens is 124 g/mol. The molecular formula is C8H20N2. The van der Waals surface area contributed by atoms with E-state index >= 15 is 0 Å². The molecule has 0 saturated carbocycles. The van der Waals surface area contributed by atoms with Crippen LogP contribution in [-0.2, 0) is 0 Å². The van der Waals surface area contributed by atoms with E-state index in [0.29, 0.717) is 5.92 Å². The Balaban J connectivity index is 3.46. The van der Waals surface area contributed by atoms with E-state index in [4.69, 9.17) is 11.5 Å². The van der Waals surface area contributed by atoms with Crippen molar-refractivity contribution in [2.45, 2.75) is 45.7 Å². The van der Waals surface area contributed by atoms with Crippen LogP contribution in [-0.4, -0.2) is 12.1 Å². The summed E-state index contributed by atoms with van der Waals surface area (Å²) in [5.74, 6) is 0.553. The second-order valence-corrected chi connectivity index (χ2v) is 3.31. The van der Waals surface area contributed by atoms with Crippen molar-refractivity contribution < 1.29 is 0 Å². The summed E-state index contributed by atoms with van der Waals surface area (Å²) in [6.45, 7) is 6.36. The molecule has 0 rings (SSSR count). The van der Waals surface area contributed by atoms with Crippen molar-refractivity contribution in [2.75, 3.05) is 0 Å². The Bertz CT molecular complexity index is 81.3. The second kappa shape index (κ2) is 4.69. The zero-order valence-corrected chi connectivity index (χ0v) is 7.30. The van der Waals surface area contributed by atoms with E-state index in [-0.39, 0.29) is 12.1 Å². The standard InChI is InChI=1S/C8H20N2/c1-4-7(9)5-8(10)6(2)3/h6-8H,4-5,9-10H2,1-3H3/t7?,8-/m0/s1. The topological polar surface area (TPSA) is 52.0 Å². The van der Waals surface area contributed by atoms with Gasteiger partial charge in [0, 0.05) is 12.1 Å². The van der Waals surface area contributed by atoms with Crippen molar-refractivity contribution >= 4 is 0 Å². The van der Waals surface area contributed by atoms with Crippen LogP contribution in [0.25, 0.3) is 0 Å². The van der Waals surface area contributed by atoms with E-state index in [0.717, 1.165) is 12.8 Å². The van der Waals surface area contributed by atoms with E-state index < -0.39 is 0 Å². The van der Waals surface area contributed by atoms with Crippen molar-refractivity contribution in [1.82, 2.24) is 0 Å². The zero-order chi connectivity index (χ0) is 8.15. The highest BCUT2D eigenvalue weighted by Crippen LogP contribution is 2.06. The minimum atomic E-state index is 0.273. The third-order valence-corrected chi connectivity index (χ3v) is 1.96. The molecule has 0 aromatic heterocycles. The predicted octanol–water partition coefficient (Wildman–Crippen LogP) is 1.10. The van der Waals surface area contributed by atoms with Gasteiger partial charge in [-0.3, -0.25) is 0 Å². The molecule has 2 nitrogen and oxygen atoms in total. The molecule has 0 aromatic rings. The van der Waals surface area contributed by atoms with Gasteiger partial charge in [0.15, 0.2) is 0 Å². The molecule has 0 aliphatic carbocycles. The molecule has 4 N–H and O–H groups in total. The number of hydrogen-bond acceptors (Lipinski definition) is 2. The Morgan fingerprint density at radius 3 is 2.00 bits per heavy atom. The van der Waals surface area contributed by atoms with E-state index in [1.165, 1.54) is 0 Å². The monoisotopic (exact) mass is 144 g/mol. The number of hydrogen-bond donors (Lipinski definition) is 2. The molecule has 2 heteroatoms. The van der Waals surface area contributed by atoms with Crippen LogP contribution in [0.5, 0.6) is 0 Å². The van der Waals surface area contributed by atoms with Gasteiger partial charge in [-0.15, -0.1) is 0 Å². The second-order valence-electron chi connectivity index (χ2n) is 3.31. The smallest absolute Gasteiger partial charge is 0.00766 e. The molecule has 0 heterocycles. The Morgan fingerprint density at radius 2 is 1.70 bits per heavy atom. The molecule has 0 radical (unpaired) electrons. The van der Waals surface area contributed by atoms with Crippen molar-refractivity contribution in [3.05, 3.63) is 0 Å². The van der Waals surface area contributed by atoms with E-state index in [1.807, 2.05) is 0 Å². The quantitative estimate of drug-likeness (QED) is 0.620. The van der Waals surface area contributed by atoms with Crippen LogP contribution in [0.1, 0.15) is 33.6 Å². The maximum Gasteiger partial charge on any atom is 0.00766 e. The van der Waals surface area contributed by atoms with Crippen molar-refractivity contribution in [3.8, 4) is 0 Å². The average Bonchev–Trinajstić information content (AvgIpc) is 1.87. The van der Waals surface area contributed by atoms with Crippen molar-refractivity contribution in [3.63, 3.8) is 0 Å². The SMILES string of the molecule is CCC(N)C[C@H](N)C(C)C. The van der Waals surface area contributed by atoms with Gasteiger partial charge in [0.2, 0.25) is 0 Å². The third-order valence-electron chi connectivity index (χ3n) is 1.96. The summed E-state index contributed by atoms with van der Waals surface area (Å²) in [5, 5.41) is 0. The van der Waals surface area contributed by atoms with Gasteiger partial charge in [0.1, 0.15) is 0 Å². The van der Waals surface area contributed by atoms with Crippen LogP contribution in [0.2, 0.25) is 0 Å². The minimum absolute atomic E-state index is 0.273. The van der Waals surface area contributed by atoms with Crippen molar-refractivity contribution in [2.24, 2.45) is 17.4 Å². The van der Waals surface area contributed by atoms with Crippen LogP contribution in [0.15, 0.2) is 0 Å². The Morgan fingerprint density at radius 1 is 1.20 bits per heavy atom. The molecule has 62 valence electrons. The van der Waals surface area contributed by atoms with Gasteiger partial charge in [0.25, 0.3) is 0 Å². The fraction of sp³-hybridized carbons (Fsp3) is 1.00. The summed E-state index contributed by atoms with van der Waals surface area (Å²) in [4.78, 5) is 0. The molecule has 0 amide bonds. The number of rotatable bonds is 4. The lowest BCUT2D eigenvalue weighted by atomic mass is 9.97. The first-order chi connectivity index (χ1) is 4.57. The first kappa shape index (κ1) is 9.92. The minimum Gasteiger partial charge on any atom is -0.328 e. The van der Waals surface area contributed by atoms with Crippen molar-refractivity contribution in [1.29, 1.82) is 0 Å². The lowest BCUT2D eigenvalue weighted by Crippen LogP contribution is -2.34. The number of nitrogens with two attached hydrogens (primary N) is 2. The highest BCUT2D eigenvalue weighted by atomic mass is 14.7.